The summed E-state index contributed by atoms with van der Waals surface area (Å²) in [4.78, 5) is 15.4. The van der Waals surface area contributed by atoms with E-state index in [1.165, 1.54) is 32.6 Å². The Labute approximate surface area is 115 Å². The predicted octanol–water partition coefficient (Wildman–Crippen LogP) is 3.08. The number of esters is 1. The van der Waals surface area contributed by atoms with Gasteiger partial charge in [0.1, 0.15) is 5.75 Å². The Bertz CT molecular complexity index is 555. The van der Waals surface area contributed by atoms with Crippen LogP contribution in [0.1, 0.15) is 35.3 Å². The summed E-state index contributed by atoms with van der Waals surface area (Å²) in [5.41, 5.74) is 1.52. The van der Waals surface area contributed by atoms with E-state index in [-0.39, 0.29) is 25.0 Å². The summed E-state index contributed by atoms with van der Waals surface area (Å²) < 4.78 is 36.1. The third kappa shape index (κ3) is 2.95. The molecule has 0 fully saturated rings. The minimum atomic E-state index is -2.64. The summed E-state index contributed by atoms with van der Waals surface area (Å²) in [5, 5.41) is 0. The van der Waals surface area contributed by atoms with E-state index in [0.717, 1.165) is 5.57 Å². The van der Waals surface area contributed by atoms with Crippen molar-refractivity contribution in [3.05, 3.63) is 29.6 Å². The van der Waals surface area contributed by atoms with Crippen LogP contribution < -0.4 is 4.74 Å². The molecule has 2 rings (SSSR count). The normalized spacial score (nSPS) is 17.3. The minimum absolute atomic E-state index is 0.120. The quantitative estimate of drug-likeness (QED) is 0.800. The largest absolute Gasteiger partial charge is 0.496 e. The Kier molecular flexibility index (Phi) is 4.01. The zero-order valence-corrected chi connectivity index (χ0v) is 11.3. The van der Waals surface area contributed by atoms with Gasteiger partial charge in [-0.25, -0.2) is 18.6 Å². The van der Waals surface area contributed by atoms with Crippen LogP contribution in [0, 0.1) is 0 Å². The molecule has 0 unspecified atom stereocenters. The molecule has 4 nitrogen and oxygen atoms in total. The number of rotatable bonds is 3. The molecule has 6 heteroatoms. The van der Waals surface area contributed by atoms with Crippen molar-refractivity contribution in [3.8, 4) is 5.75 Å². The Morgan fingerprint density at radius 2 is 2.15 bits per heavy atom. The van der Waals surface area contributed by atoms with Crippen LogP contribution in [0.5, 0.6) is 5.75 Å². The second kappa shape index (κ2) is 5.56. The van der Waals surface area contributed by atoms with Gasteiger partial charge in [-0.05, 0) is 12.0 Å². The highest BCUT2D eigenvalue weighted by molar-refractivity contribution is 5.88. The van der Waals surface area contributed by atoms with Gasteiger partial charge in [0.25, 0.3) is 5.92 Å². The van der Waals surface area contributed by atoms with Crippen LogP contribution in [0.15, 0.2) is 18.3 Å². The first kappa shape index (κ1) is 14.4. The summed E-state index contributed by atoms with van der Waals surface area (Å²) in [6.07, 6.45) is 2.73. The molecular weight excluding hydrogens is 268 g/mol. The van der Waals surface area contributed by atoms with Gasteiger partial charge in [0, 0.05) is 30.7 Å². The molecule has 0 atom stereocenters. The Morgan fingerprint density at radius 3 is 2.70 bits per heavy atom. The molecule has 1 aliphatic rings. The number of ether oxygens (including phenoxy) is 2. The fourth-order valence-electron chi connectivity index (χ4n) is 2.10. The average Bonchev–Trinajstić information content (AvgIpc) is 2.46. The summed E-state index contributed by atoms with van der Waals surface area (Å²) in [7, 11) is 2.72. The number of carbonyl (C=O) groups excluding carboxylic acids is 1. The number of hydrogen-bond acceptors (Lipinski definition) is 4. The number of aromatic nitrogens is 1. The summed E-state index contributed by atoms with van der Waals surface area (Å²) in [6, 6.07) is 1.45. The SMILES string of the molecule is COC(=O)c1cc(OC)c(C2=CCC(F)(F)CC2)cn1. The first-order chi connectivity index (χ1) is 9.46. The second-order valence-electron chi connectivity index (χ2n) is 4.55. The Balaban J connectivity index is 2.33. The lowest BCUT2D eigenvalue weighted by Gasteiger charge is -2.22. The smallest absolute Gasteiger partial charge is 0.356 e. The summed E-state index contributed by atoms with van der Waals surface area (Å²) in [5.74, 6) is -2.79. The number of halogens is 2. The number of carbonyl (C=O) groups is 1. The lowest BCUT2D eigenvalue weighted by atomic mass is 9.91. The van der Waals surface area contributed by atoms with Crippen LogP contribution in [0.3, 0.4) is 0 Å². The highest BCUT2D eigenvalue weighted by Gasteiger charge is 2.31. The fourth-order valence-corrected chi connectivity index (χ4v) is 2.10. The molecule has 1 aromatic heterocycles. The maximum Gasteiger partial charge on any atom is 0.356 e. The molecule has 0 spiro atoms. The summed E-state index contributed by atoms with van der Waals surface area (Å²) in [6.45, 7) is 0. The molecule has 1 aromatic rings. The highest BCUT2D eigenvalue weighted by atomic mass is 19.3. The van der Waals surface area contributed by atoms with Gasteiger partial charge in [-0.3, -0.25) is 0 Å². The van der Waals surface area contributed by atoms with Crippen LogP contribution in [0.25, 0.3) is 5.57 Å². The van der Waals surface area contributed by atoms with E-state index in [9.17, 15) is 13.6 Å². The molecule has 0 saturated heterocycles. The molecule has 0 radical (unpaired) electrons. The van der Waals surface area contributed by atoms with Crippen LogP contribution in [-0.2, 0) is 4.74 Å². The highest BCUT2D eigenvalue weighted by Crippen LogP contribution is 2.38. The maximum atomic E-state index is 13.1. The van der Waals surface area contributed by atoms with Crippen molar-refractivity contribution in [2.75, 3.05) is 14.2 Å². The number of nitrogens with zero attached hydrogens (tertiary/aromatic N) is 1. The topological polar surface area (TPSA) is 48.4 Å². The molecule has 0 amide bonds. The van der Waals surface area contributed by atoms with E-state index >= 15 is 0 Å². The summed E-state index contributed by atoms with van der Waals surface area (Å²) >= 11 is 0. The Morgan fingerprint density at radius 1 is 1.40 bits per heavy atom. The van der Waals surface area contributed by atoms with Gasteiger partial charge in [0.15, 0.2) is 5.69 Å². The number of methoxy groups -OCH3 is 2. The van der Waals surface area contributed by atoms with Crippen molar-refractivity contribution in [2.24, 2.45) is 0 Å². The molecule has 0 saturated carbocycles. The third-order valence-corrected chi connectivity index (χ3v) is 3.23. The third-order valence-electron chi connectivity index (χ3n) is 3.23. The lowest BCUT2D eigenvalue weighted by Crippen LogP contribution is -2.18. The van der Waals surface area contributed by atoms with E-state index in [2.05, 4.69) is 9.72 Å². The van der Waals surface area contributed by atoms with E-state index in [4.69, 9.17) is 4.74 Å². The van der Waals surface area contributed by atoms with Crippen molar-refractivity contribution < 1.29 is 23.0 Å². The van der Waals surface area contributed by atoms with Crippen LogP contribution in [-0.4, -0.2) is 31.1 Å². The van der Waals surface area contributed by atoms with Gasteiger partial charge in [-0.15, -0.1) is 0 Å². The van der Waals surface area contributed by atoms with Crippen LogP contribution in [0.4, 0.5) is 8.78 Å². The molecule has 0 N–H and O–H groups in total. The molecular formula is C14H15F2NO3. The van der Waals surface area contributed by atoms with E-state index in [1.54, 1.807) is 0 Å². The number of allylic oxidation sites excluding steroid dienone is 2. The predicted molar refractivity (Wildman–Crippen MR) is 68.9 cm³/mol. The first-order valence-electron chi connectivity index (χ1n) is 6.16. The monoisotopic (exact) mass is 283 g/mol. The van der Waals surface area contributed by atoms with E-state index in [1.807, 2.05) is 0 Å². The van der Waals surface area contributed by atoms with Crippen molar-refractivity contribution in [3.63, 3.8) is 0 Å². The average molecular weight is 283 g/mol. The molecule has 108 valence electrons. The van der Waals surface area contributed by atoms with Crippen molar-refractivity contribution in [1.29, 1.82) is 0 Å². The zero-order valence-electron chi connectivity index (χ0n) is 11.3. The van der Waals surface area contributed by atoms with Crippen molar-refractivity contribution in [1.82, 2.24) is 4.98 Å². The lowest BCUT2D eigenvalue weighted by molar-refractivity contribution is -0.00605. The minimum Gasteiger partial charge on any atom is -0.496 e. The van der Waals surface area contributed by atoms with E-state index < -0.39 is 11.9 Å². The first-order valence-corrected chi connectivity index (χ1v) is 6.16. The van der Waals surface area contributed by atoms with E-state index in [0.29, 0.717) is 11.3 Å². The van der Waals surface area contributed by atoms with Gasteiger partial charge in [0.05, 0.1) is 14.2 Å². The number of alkyl halides is 2. The second-order valence-corrected chi connectivity index (χ2v) is 4.55. The zero-order chi connectivity index (χ0) is 14.8. The fraction of sp³-hybridized carbons (Fsp3) is 0.429. The van der Waals surface area contributed by atoms with Crippen molar-refractivity contribution >= 4 is 11.5 Å². The van der Waals surface area contributed by atoms with Crippen LogP contribution in [0.2, 0.25) is 0 Å². The van der Waals surface area contributed by atoms with Gasteiger partial charge >= 0.3 is 5.97 Å². The molecule has 0 aliphatic heterocycles. The number of hydrogen-bond donors (Lipinski definition) is 0. The van der Waals surface area contributed by atoms with Gasteiger partial charge < -0.3 is 9.47 Å². The van der Waals surface area contributed by atoms with Gasteiger partial charge in [0.2, 0.25) is 0 Å². The molecule has 0 bridgehead atoms. The number of pyridine rings is 1. The van der Waals surface area contributed by atoms with Gasteiger partial charge in [-0.2, -0.15) is 0 Å². The molecule has 0 aromatic carbocycles. The maximum absolute atomic E-state index is 13.1. The standard InChI is InChI=1S/C14H15F2NO3/c1-19-12-7-11(13(18)20-2)17-8-10(12)9-3-5-14(15,16)6-4-9/h3,7-8H,4-6H2,1-2H3. The molecule has 1 aliphatic carbocycles. The van der Waals surface area contributed by atoms with Gasteiger partial charge in [-0.1, -0.05) is 6.08 Å². The molecule has 20 heavy (non-hydrogen) atoms. The van der Waals surface area contributed by atoms with Crippen LogP contribution >= 0.6 is 0 Å². The molecule has 1 heterocycles. The van der Waals surface area contributed by atoms with Crippen molar-refractivity contribution in [2.45, 2.75) is 25.2 Å². The Hall–Kier alpha value is -1.98.